The molecule has 0 bridgehead atoms. The Labute approximate surface area is 116 Å². The van der Waals surface area contributed by atoms with Crippen molar-refractivity contribution in [2.45, 2.75) is 31.7 Å². The number of carbonyl (C=O) groups is 2. The van der Waals surface area contributed by atoms with Crippen molar-refractivity contribution < 1.29 is 9.59 Å². The SMILES string of the molecule is O=C1CC[C@@H](C(=O)N2CCC[C@@H]2c2ccsc2)CN1. The minimum absolute atomic E-state index is 0.0306. The van der Waals surface area contributed by atoms with Crippen molar-refractivity contribution in [3.8, 4) is 0 Å². The molecule has 2 amide bonds. The summed E-state index contributed by atoms with van der Waals surface area (Å²) in [5, 5.41) is 7.01. The van der Waals surface area contributed by atoms with Crippen molar-refractivity contribution in [3.05, 3.63) is 22.4 Å². The Bertz CT molecular complexity index is 462. The molecule has 0 aliphatic carbocycles. The van der Waals surface area contributed by atoms with Crippen LogP contribution in [0.1, 0.15) is 37.3 Å². The first-order valence-corrected chi connectivity index (χ1v) is 7.79. The highest BCUT2D eigenvalue weighted by Gasteiger charge is 2.35. The van der Waals surface area contributed by atoms with E-state index in [-0.39, 0.29) is 23.8 Å². The second-order valence-electron chi connectivity index (χ2n) is 5.29. The molecule has 0 spiro atoms. The molecule has 2 aliphatic rings. The second-order valence-corrected chi connectivity index (χ2v) is 6.07. The predicted molar refractivity (Wildman–Crippen MR) is 73.7 cm³/mol. The van der Waals surface area contributed by atoms with Gasteiger partial charge in [-0.05, 0) is 41.7 Å². The average Bonchev–Trinajstić information content (AvgIpc) is 3.09. The van der Waals surface area contributed by atoms with Crippen LogP contribution in [0.25, 0.3) is 0 Å². The maximum Gasteiger partial charge on any atom is 0.227 e. The number of likely N-dealkylation sites (tertiary alicyclic amines) is 1. The van der Waals surface area contributed by atoms with E-state index in [4.69, 9.17) is 0 Å². The molecule has 1 aromatic rings. The van der Waals surface area contributed by atoms with E-state index in [1.807, 2.05) is 4.90 Å². The van der Waals surface area contributed by atoms with E-state index in [0.29, 0.717) is 19.4 Å². The molecule has 102 valence electrons. The highest BCUT2D eigenvalue weighted by molar-refractivity contribution is 7.07. The Morgan fingerprint density at radius 3 is 3.00 bits per heavy atom. The number of rotatable bonds is 2. The maximum atomic E-state index is 12.6. The van der Waals surface area contributed by atoms with Gasteiger partial charge in [0.2, 0.25) is 11.8 Å². The van der Waals surface area contributed by atoms with Crippen LogP contribution < -0.4 is 5.32 Å². The first kappa shape index (κ1) is 12.7. The van der Waals surface area contributed by atoms with Crippen molar-refractivity contribution >= 4 is 23.2 Å². The van der Waals surface area contributed by atoms with Crippen molar-refractivity contribution in [2.24, 2.45) is 5.92 Å². The third-order valence-electron chi connectivity index (χ3n) is 4.08. The van der Waals surface area contributed by atoms with Crippen molar-refractivity contribution in [1.29, 1.82) is 0 Å². The number of nitrogens with one attached hydrogen (secondary N) is 1. The zero-order valence-corrected chi connectivity index (χ0v) is 11.6. The molecule has 1 N–H and O–H groups in total. The molecule has 2 saturated heterocycles. The number of carbonyl (C=O) groups excluding carboxylic acids is 2. The normalized spacial score (nSPS) is 27.4. The molecule has 0 aromatic carbocycles. The topological polar surface area (TPSA) is 49.4 Å². The van der Waals surface area contributed by atoms with E-state index in [0.717, 1.165) is 19.4 Å². The first-order valence-electron chi connectivity index (χ1n) is 6.85. The molecule has 2 aliphatic heterocycles. The lowest BCUT2D eigenvalue weighted by Crippen LogP contribution is -2.44. The van der Waals surface area contributed by atoms with Crippen molar-refractivity contribution in [2.75, 3.05) is 13.1 Å². The van der Waals surface area contributed by atoms with Gasteiger partial charge in [-0.2, -0.15) is 11.3 Å². The predicted octanol–water partition coefficient (Wildman–Crippen LogP) is 1.94. The minimum Gasteiger partial charge on any atom is -0.355 e. The van der Waals surface area contributed by atoms with Crippen LogP contribution in [0.4, 0.5) is 0 Å². The second kappa shape index (κ2) is 5.33. The molecule has 3 rings (SSSR count). The molecule has 4 nitrogen and oxygen atoms in total. The molecular weight excluding hydrogens is 260 g/mol. The third-order valence-corrected chi connectivity index (χ3v) is 4.78. The smallest absolute Gasteiger partial charge is 0.227 e. The van der Waals surface area contributed by atoms with Crippen LogP contribution in [0.15, 0.2) is 16.8 Å². The minimum atomic E-state index is -0.0306. The molecule has 2 fully saturated rings. The van der Waals surface area contributed by atoms with Crippen LogP contribution in [0.3, 0.4) is 0 Å². The Morgan fingerprint density at radius 1 is 1.42 bits per heavy atom. The zero-order chi connectivity index (χ0) is 13.2. The summed E-state index contributed by atoms with van der Waals surface area (Å²) in [4.78, 5) is 25.8. The Hall–Kier alpha value is -1.36. The molecule has 5 heteroatoms. The van der Waals surface area contributed by atoms with Crippen LogP contribution in [-0.2, 0) is 9.59 Å². The fourth-order valence-corrected chi connectivity index (χ4v) is 3.73. The molecule has 0 radical (unpaired) electrons. The van der Waals surface area contributed by atoms with E-state index in [9.17, 15) is 9.59 Å². The summed E-state index contributed by atoms with van der Waals surface area (Å²) >= 11 is 1.68. The number of piperidine rings is 1. The summed E-state index contributed by atoms with van der Waals surface area (Å²) in [6.45, 7) is 1.36. The van der Waals surface area contributed by atoms with Crippen LogP contribution in [0.2, 0.25) is 0 Å². The van der Waals surface area contributed by atoms with Crippen molar-refractivity contribution in [1.82, 2.24) is 10.2 Å². The van der Waals surface area contributed by atoms with E-state index in [1.54, 1.807) is 11.3 Å². The Balaban J connectivity index is 1.70. The average molecular weight is 278 g/mol. The van der Waals surface area contributed by atoms with Crippen LogP contribution in [0, 0.1) is 5.92 Å². The number of hydrogen-bond acceptors (Lipinski definition) is 3. The van der Waals surface area contributed by atoms with Crippen molar-refractivity contribution in [3.63, 3.8) is 0 Å². The summed E-state index contributed by atoms with van der Waals surface area (Å²) in [7, 11) is 0. The number of hydrogen-bond donors (Lipinski definition) is 1. The van der Waals surface area contributed by atoms with Gasteiger partial charge in [-0.25, -0.2) is 0 Å². The fourth-order valence-electron chi connectivity index (χ4n) is 3.02. The van der Waals surface area contributed by atoms with Gasteiger partial charge in [-0.1, -0.05) is 0 Å². The Morgan fingerprint density at radius 2 is 2.32 bits per heavy atom. The quantitative estimate of drug-likeness (QED) is 0.898. The number of nitrogens with zero attached hydrogens (tertiary/aromatic N) is 1. The van der Waals surface area contributed by atoms with Gasteiger partial charge in [0.15, 0.2) is 0 Å². The van der Waals surface area contributed by atoms with Gasteiger partial charge in [0.25, 0.3) is 0 Å². The van der Waals surface area contributed by atoms with E-state index >= 15 is 0 Å². The lowest BCUT2D eigenvalue weighted by molar-refractivity contribution is -0.138. The highest BCUT2D eigenvalue weighted by atomic mass is 32.1. The lowest BCUT2D eigenvalue weighted by Gasteiger charge is -2.30. The maximum absolute atomic E-state index is 12.6. The van der Waals surface area contributed by atoms with Crippen LogP contribution in [-0.4, -0.2) is 29.8 Å². The van der Waals surface area contributed by atoms with E-state index in [2.05, 4.69) is 22.1 Å². The van der Waals surface area contributed by atoms with Gasteiger partial charge in [-0.15, -0.1) is 0 Å². The fraction of sp³-hybridized carbons (Fsp3) is 0.571. The van der Waals surface area contributed by atoms with E-state index in [1.165, 1.54) is 5.56 Å². The number of thiophene rings is 1. The monoisotopic (exact) mass is 278 g/mol. The summed E-state index contributed by atoms with van der Waals surface area (Å²) < 4.78 is 0. The van der Waals surface area contributed by atoms with Gasteiger partial charge in [0.1, 0.15) is 0 Å². The van der Waals surface area contributed by atoms with Gasteiger partial charge < -0.3 is 10.2 Å². The van der Waals surface area contributed by atoms with Gasteiger partial charge >= 0.3 is 0 Å². The lowest BCUT2D eigenvalue weighted by atomic mass is 9.97. The molecular formula is C14H18N2O2S. The molecule has 0 unspecified atom stereocenters. The highest BCUT2D eigenvalue weighted by Crippen LogP contribution is 2.34. The number of amides is 2. The van der Waals surface area contributed by atoms with Gasteiger partial charge in [0, 0.05) is 19.5 Å². The largest absolute Gasteiger partial charge is 0.355 e. The zero-order valence-electron chi connectivity index (χ0n) is 10.8. The van der Waals surface area contributed by atoms with Gasteiger partial charge in [-0.3, -0.25) is 9.59 Å². The summed E-state index contributed by atoms with van der Waals surface area (Å²) in [6, 6.07) is 2.36. The molecule has 1 aromatic heterocycles. The molecule has 2 atom stereocenters. The molecule has 19 heavy (non-hydrogen) atoms. The summed E-state index contributed by atoms with van der Waals surface area (Å²) in [5.74, 6) is 0.255. The van der Waals surface area contributed by atoms with Gasteiger partial charge in [0.05, 0.1) is 12.0 Å². The Kier molecular flexibility index (Phi) is 3.55. The van der Waals surface area contributed by atoms with Crippen LogP contribution in [0.5, 0.6) is 0 Å². The van der Waals surface area contributed by atoms with E-state index < -0.39 is 0 Å². The third kappa shape index (κ3) is 2.52. The first-order chi connectivity index (χ1) is 9.25. The summed E-state index contributed by atoms with van der Waals surface area (Å²) in [6.07, 6.45) is 3.30. The standard InChI is InChI=1S/C14H18N2O2S/c17-13-4-3-10(8-15-13)14(18)16-6-1-2-12(16)11-5-7-19-9-11/h5,7,9-10,12H,1-4,6,8H2,(H,15,17)/t10-,12-/m1/s1. The summed E-state index contributed by atoms with van der Waals surface area (Å²) in [5.41, 5.74) is 1.26. The molecule has 0 saturated carbocycles. The molecule has 3 heterocycles. The van der Waals surface area contributed by atoms with Crippen LogP contribution >= 0.6 is 11.3 Å².